The number of piperazine rings is 1. The molecule has 2 aliphatic heterocycles. The molecule has 4 rings (SSSR count). The molecule has 0 spiro atoms. The highest BCUT2D eigenvalue weighted by molar-refractivity contribution is 5.58. The minimum absolute atomic E-state index is 0.269. The van der Waals surface area contributed by atoms with Crippen molar-refractivity contribution in [3.63, 3.8) is 0 Å². The maximum Gasteiger partial charge on any atom is 0.231 e. The first-order valence-corrected chi connectivity index (χ1v) is 10.1. The average molecular weight is 401 g/mol. The lowest BCUT2D eigenvalue weighted by atomic mass is 10.2. The number of hydrogen-bond donors (Lipinski definition) is 2. The maximum absolute atomic E-state index is 10.4. The summed E-state index contributed by atoms with van der Waals surface area (Å²) < 4.78 is 21.9. The van der Waals surface area contributed by atoms with Crippen molar-refractivity contribution in [1.82, 2.24) is 0 Å². The minimum atomic E-state index is -0.475. The molecule has 156 valence electrons. The van der Waals surface area contributed by atoms with E-state index in [0.29, 0.717) is 19.8 Å². The van der Waals surface area contributed by atoms with Gasteiger partial charge in [0.2, 0.25) is 6.79 Å². The van der Waals surface area contributed by atoms with Gasteiger partial charge in [0.1, 0.15) is 18.4 Å². The molecule has 29 heavy (non-hydrogen) atoms. The molecule has 2 aliphatic rings. The first-order chi connectivity index (χ1) is 14.2. The van der Waals surface area contributed by atoms with Gasteiger partial charge in [-0.3, -0.25) is 0 Å². The van der Waals surface area contributed by atoms with E-state index in [4.69, 9.17) is 18.9 Å². The molecule has 0 saturated carbocycles. The second-order valence-corrected chi connectivity index (χ2v) is 7.47. The van der Waals surface area contributed by atoms with E-state index in [1.54, 1.807) is 7.11 Å². The minimum Gasteiger partial charge on any atom is -0.495 e. The molecule has 7 nitrogen and oxygen atoms in total. The number of nitrogens with one attached hydrogen (secondary N) is 1. The Bertz CT molecular complexity index is 808. The van der Waals surface area contributed by atoms with E-state index in [9.17, 15) is 5.11 Å². The first kappa shape index (κ1) is 19.8. The van der Waals surface area contributed by atoms with Gasteiger partial charge in [-0.25, -0.2) is 0 Å². The fraction of sp³-hybridized carbons (Fsp3) is 0.455. The van der Waals surface area contributed by atoms with Crippen LogP contribution < -0.4 is 24.0 Å². The van der Waals surface area contributed by atoms with Crippen LogP contribution in [0.4, 0.5) is 5.69 Å². The highest BCUT2D eigenvalue weighted by Gasteiger charge is 2.24. The Morgan fingerprint density at radius 2 is 1.90 bits per heavy atom. The summed E-state index contributed by atoms with van der Waals surface area (Å²) in [5.74, 6) is 2.43. The normalized spacial score (nSPS) is 17.4. The van der Waals surface area contributed by atoms with Crippen molar-refractivity contribution in [2.75, 3.05) is 58.1 Å². The number of ether oxygens (including phenoxy) is 4. The topological polar surface area (TPSA) is 64.8 Å². The van der Waals surface area contributed by atoms with Crippen molar-refractivity contribution in [3.8, 4) is 17.2 Å². The van der Waals surface area contributed by atoms with E-state index in [1.165, 1.54) is 4.90 Å². The number of aliphatic hydroxyl groups excluding tert-OH is 1. The smallest absolute Gasteiger partial charge is 0.231 e. The van der Waals surface area contributed by atoms with Crippen LogP contribution in [0.25, 0.3) is 0 Å². The highest BCUT2D eigenvalue weighted by atomic mass is 16.7. The van der Waals surface area contributed by atoms with Gasteiger partial charge in [-0.05, 0) is 29.8 Å². The van der Waals surface area contributed by atoms with Gasteiger partial charge < -0.3 is 33.9 Å². The predicted molar refractivity (Wildman–Crippen MR) is 109 cm³/mol. The van der Waals surface area contributed by atoms with Crippen LogP contribution in [-0.2, 0) is 11.3 Å². The van der Waals surface area contributed by atoms with Gasteiger partial charge >= 0.3 is 0 Å². The number of aliphatic hydroxyl groups is 1. The van der Waals surface area contributed by atoms with E-state index in [2.05, 4.69) is 11.0 Å². The lowest BCUT2D eigenvalue weighted by Gasteiger charge is -2.35. The van der Waals surface area contributed by atoms with Crippen LogP contribution in [0.15, 0.2) is 42.5 Å². The van der Waals surface area contributed by atoms with Gasteiger partial charge in [0.05, 0.1) is 52.2 Å². The molecule has 0 bridgehead atoms. The number of para-hydroxylation sites is 2. The van der Waals surface area contributed by atoms with Gasteiger partial charge in [-0.15, -0.1) is 0 Å². The zero-order chi connectivity index (χ0) is 20.1. The Morgan fingerprint density at radius 1 is 1.10 bits per heavy atom. The van der Waals surface area contributed by atoms with Crippen molar-refractivity contribution in [3.05, 3.63) is 48.0 Å². The number of fused-ring (bicyclic) bond motifs is 1. The zero-order valence-electron chi connectivity index (χ0n) is 16.8. The summed E-state index contributed by atoms with van der Waals surface area (Å²) in [5.41, 5.74) is 2.15. The van der Waals surface area contributed by atoms with Crippen molar-refractivity contribution in [2.24, 2.45) is 0 Å². The summed E-state index contributed by atoms with van der Waals surface area (Å²) >= 11 is 0. The van der Waals surface area contributed by atoms with Crippen LogP contribution in [0.3, 0.4) is 0 Å². The molecule has 1 saturated heterocycles. The summed E-state index contributed by atoms with van der Waals surface area (Å²) in [6.07, 6.45) is -0.475. The van der Waals surface area contributed by atoms with Crippen LogP contribution >= 0.6 is 0 Å². The van der Waals surface area contributed by atoms with Crippen LogP contribution in [0.5, 0.6) is 17.2 Å². The molecule has 0 radical (unpaired) electrons. The quantitative estimate of drug-likeness (QED) is 0.679. The van der Waals surface area contributed by atoms with Crippen LogP contribution in [0.1, 0.15) is 5.56 Å². The lowest BCUT2D eigenvalue weighted by Crippen LogP contribution is -3.16. The summed E-state index contributed by atoms with van der Waals surface area (Å²) in [6, 6.07) is 13.9. The standard InChI is InChI=1S/C22H28N2O5/c1-26-20-5-3-2-4-19(20)24-10-8-23(9-11-24)13-18(25)15-27-14-17-6-7-21-22(12-17)29-16-28-21/h2-7,12,18,25H,8-11,13-16H2,1H3/p+1/t18-/m0/s1. The summed E-state index contributed by atoms with van der Waals surface area (Å²) in [5, 5.41) is 10.4. The Balaban J connectivity index is 1.18. The maximum atomic E-state index is 10.4. The average Bonchev–Trinajstić information content (AvgIpc) is 3.22. The van der Waals surface area contributed by atoms with Gasteiger partial charge in [0.15, 0.2) is 11.5 Å². The zero-order valence-corrected chi connectivity index (χ0v) is 16.8. The molecule has 7 heteroatoms. The third-order valence-corrected chi connectivity index (χ3v) is 5.44. The van der Waals surface area contributed by atoms with Gasteiger partial charge in [-0.2, -0.15) is 0 Å². The fourth-order valence-corrected chi connectivity index (χ4v) is 3.89. The number of nitrogens with zero attached hydrogens (tertiary/aromatic N) is 1. The highest BCUT2D eigenvalue weighted by Crippen LogP contribution is 2.32. The molecule has 0 unspecified atom stereocenters. The number of anilines is 1. The molecule has 2 heterocycles. The Kier molecular flexibility index (Phi) is 6.39. The molecular formula is C22H29N2O5+. The van der Waals surface area contributed by atoms with Gasteiger partial charge in [0, 0.05) is 0 Å². The second kappa shape index (κ2) is 9.35. The SMILES string of the molecule is COc1ccccc1N1CC[NH+](C[C@H](O)COCc2ccc3c(c2)OCO3)CC1. The molecule has 1 atom stereocenters. The van der Waals surface area contributed by atoms with Gasteiger partial charge in [-0.1, -0.05) is 18.2 Å². The van der Waals surface area contributed by atoms with Crippen molar-refractivity contribution < 1.29 is 29.0 Å². The third kappa shape index (κ3) is 4.93. The largest absolute Gasteiger partial charge is 0.495 e. The predicted octanol–water partition coefficient (Wildman–Crippen LogP) is 0.707. The van der Waals surface area contributed by atoms with Crippen molar-refractivity contribution in [1.29, 1.82) is 0 Å². The monoisotopic (exact) mass is 401 g/mol. The Morgan fingerprint density at radius 3 is 2.72 bits per heavy atom. The molecule has 1 fully saturated rings. The van der Waals surface area contributed by atoms with Gasteiger partial charge in [0.25, 0.3) is 0 Å². The molecule has 2 aromatic carbocycles. The first-order valence-electron chi connectivity index (χ1n) is 10.1. The van der Waals surface area contributed by atoms with Crippen molar-refractivity contribution in [2.45, 2.75) is 12.7 Å². The second-order valence-electron chi connectivity index (χ2n) is 7.47. The van der Waals surface area contributed by atoms with E-state index in [-0.39, 0.29) is 6.79 Å². The Hall–Kier alpha value is -2.48. The van der Waals surface area contributed by atoms with Crippen LogP contribution in [0, 0.1) is 0 Å². The summed E-state index contributed by atoms with van der Waals surface area (Å²) in [7, 11) is 1.71. The molecule has 0 aromatic heterocycles. The number of methoxy groups -OCH3 is 1. The van der Waals surface area contributed by atoms with E-state index in [0.717, 1.165) is 54.7 Å². The lowest BCUT2D eigenvalue weighted by molar-refractivity contribution is -0.903. The van der Waals surface area contributed by atoms with E-state index in [1.807, 2.05) is 36.4 Å². The van der Waals surface area contributed by atoms with Crippen LogP contribution in [0.2, 0.25) is 0 Å². The number of quaternary nitrogens is 1. The molecule has 2 N–H and O–H groups in total. The Labute approximate surface area is 171 Å². The summed E-state index contributed by atoms with van der Waals surface area (Å²) in [4.78, 5) is 3.75. The number of hydrogen-bond acceptors (Lipinski definition) is 6. The molecule has 0 amide bonds. The molecule has 0 aliphatic carbocycles. The number of benzene rings is 2. The van der Waals surface area contributed by atoms with E-state index < -0.39 is 6.10 Å². The summed E-state index contributed by atoms with van der Waals surface area (Å²) in [6.45, 7) is 5.60. The molecule has 2 aromatic rings. The van der Waals surface area contributed by atoms with E-state index >= 15 is 0 Å². The third-order valence-electron chi connectivity index (χ3n) is 5.44. The fourth-order valence-electron chi connectivity index (χ4n) is 3.89. The number of rotatable bonds is 8. The van der Waals surface area contributed by atoms with Crippen molar-refractivity contribution >= 4 is 5.69 Å². The van der Waals surface area contributed by atoms with Crippen LogP contribution in [-0.4, -0.2) is 64.4 Å². The molecular weight excluding hydrogens is 372 g/mol.